The summed E-state index contributed by atoms with van der Waals surface area (Å²) in [6, 6.07) is 0. The zero-order valence-corrected chi connectivity index (χ0v) is 23.1. The summed E-state index contributed by atoms with van der Waals surface area (Å²) in [6.45, 7) is 29.3. The summed E-state index contributed by atoms with van der Waals surface area (Å²) in [4.78, 5) is 0. The first kappa shape index (κ1) is 28.7. The zero-order chi connectivity index (χ0) is 19.4. The van der Waals surface area contributed by atoms with Gasteiger partial charge in [-0.15, -0.1) is 0 Å². The van der Waals surface area contributed by atoms with E-state index in [2.05, 4.69) is 83.1 Å². The van der Waals surface area contributed by atoms with Crippen LogP contribution in [0.4, 0.5) is 0 Å². The van der Waals surface area contributed by atoms with Crippen LogP contribution in [0.1, 0.15) is 83.1 Å². The van der Waals surface area contributed by atoms with Gasteiger partial charge in [-0.2, -0.15) is 0 Å². The van der Waals surface area contributed by atoms with E-state index in [1.165, 1.54) is 24.6 Å². The molecule has 0 rings (SSSR count). The fourth-order valence-corrected chi connectivity index (χ4v) is 13.6. The molecule has 156 valence electrons. The number of rotatable bonds is 7. The largest absolute Gasteiger partial charge is 0.0905 e. The summed E-state index contributed by atoms with van der Waals surface area (Å²) >= 11 is 0. The van der Waals surface area contributed by atoms with Crippen molar-refractivity contribution in [3.8, 4) is 0 Å². The Balaban J connectivity index is 0. The van der Waals surface area contributed by atoms with Crippen LogP contribution in [0.3, 0.4) is 0 Å². The van der Waals surface area contributed by atoms with Crippen molar-refractivity contribution in [1.82, 2.24) is 0 Å². The van der Waals surface area contributed by atoms with Crippen LogP contribution in [0, 0.1) is 21.7 Å². The molecule has 0 heterocycles. The van der Waals surface area contributed by atoms with Gasteiger partial charge in [-0.3, -0.25) is 0 Å². The average Bonchev–Trinajstić information content (AvgIpc) is 2.16. The van der Waals surface area contributed by atoms with Gasteiger partial charge in [-0.25, -0.2) is 0 Å². The minimum absolute atomic E-state index is 0. The molecule has 0 aliphatic rings. The molecule has 0 atom stereocenters. The standard InChI is InChI=1S/C22H48P2.Pd/c1-19(2,3)15-23(16-20(4,5)6)13-14-24(17-21(7,8)9)18-22(10,11)12;/h13-18H2,1-12H3;/p+2. The zero-order valence-electron chi connectivity index (χ0n) is 19.6. The first-order valence-electron chi connectivity index (χ1n) is 10.0. The third-order valence-corrected chi connectivity index (χ3v) is 12.6. The van der Waals surface area contributed by atoms with E-state index >= 15 is 0 Å². The minimum atomic E-state index is -0.239. The van der Waals surface area contributed by atoms with Crippen LogP contribution in [0.5, 0.6) is 0 Å². The van der Waals surface area contributed by atoms with Crippen LogP contribution in [-0.4, -0.2) is 37.0 Å². The van der Waals surface area contributed by atoms with Gasteiger partial charge in [0.1, 0.15) is 0 Å². The van der Waals surface area contributed by atoms with Crippen molar-refractivity contribution < 1.29 is 20.4 Å². The summed E-state index contributed by atoms with van der Waals surface area (Å²) in [5.74, 6) is 0. The number of hydrogen-bond acceptors (Lipinski definition) is 0. The van der Waals surface area contributed by atoms with Crippen LogP contribution in [0.25, 0.3) is 0 Å². The van der Waals surface area contributed by atoms with Gasteiger partial charge in [0.2, 0.25) is 0 Å². The molecular formula is C22H50P2Pd+2. The monoisotopic (exact) mass is 482 g/mol. The Morgan fingerprint density at radius 2 is 0.560 bits per heavy atom. The number of hydrogen-bond donors (Lipinski definition) is 0. The topological polar surface area (TPSA) is 0 Å². The van der Waals surface area contributed by atoms with Crippen molar-refractivity contribution >= 4 is 15.8 Å². The maximum atomic E-state index is 2.44. The second-order valence-corrected chi connectivity index (χ2v) is 18.4. The molecule has 0 aliphatic heterocycles. The molecular weight excluding hydrogens is 433 g/mol. The summed E-state index contributed by atoms with van der Waals surface area (Å²) in [7, 11) is -0.477. The van der Waals surface area contributed by atoms with Gasteiger partial charge in [0.05, 0.1) is 37.0 Å². The Morgan fingerprint density at radius 3 is 0.680 bits per heavy atom. The Bertz CT molecular complexity index is 282. The van der Waals surface area contributed by atoms with Crippen LogP contribution in [0.2, 0.25) is 0 Å². The fraction of sp³-hybridized carbons (Fsp3) is 1.00. The van der Waals surface area contributed by atoms with Crippen LogP contribution < -0.4 is 0 Å². The molecule has 25 heavy (non-hydrogen) atoms. The van der Waals surface area contributed by atoms with Crippen LogP contribution >= 0.6 is 15.8 Å². The first-order chi connectivity index (χ1) is 10.4. The van der Waals surface area contributed by atoms with Crippen molar-refractivity contribution in [3.63, 3.8) is 0 Å². The van der Waals surface area contributed by atoms with Crippen molar-refractivity contribution in [2.24, 2.45) is 21.7 Å². The first-order valence-corrected chi connectivity index (χ1v) is 14.3. The van der Waals surface area contributed by atoms with Gasteiger partial charge in [-0.1, -0.05) is 83.1 Å². The van der Waals surface area contributed by atoms with Gasteiger partial charge < -0.3 is 0 Å². The van der Waals surface area contributed by atoms with E-state index in [1.54, 1.807) is 12.3 Å². The molecule has 0 bridgehead atoms. The van der Waals surface area contributed by atoms with Crippen molar-refractivity contribution in [2.45, 2.75) is 83.1 Å². The third-order valence-electron chi connectivity index (χ3n) is 3.95. The molecule has 0 aliphatic carbocycles. The van der Waals surface area contributed by atoms with Gasteiger partial charge in [0.15, 0.2) is 0 Å². The summed E-state index contributed by atoms with van der Waals surface area (Å²) in [6.07, 6.45) is 9.04. The van der Waals surface area contributed by atoms with Crippen LogP contribution in [0.15, 0.2) is 0 Å². The Morgan fingerprint density at radius 1 is 0.400 bits per heavy atom. The molecule has 0 aromatic rings. The molecule has 0 nitrogen and oxygen atoms in total. The molecule has 0 aromatic heterocycles. The quantitative estimate of drug-likeness (QED) is 0.259. The molecule has 0 saturated heterocycles. The molecule has 0 spiro atoms. The smallest absolute Gasteiger partial charge is 0.0567 e. The Kier molecular flexibility index (Phi) is 12.5. The van der Waals surface area contributed by atoms with E-state index in [4.69, 9.17) is 0 Å². The van der Waals surface area contributed by atoms with E-state index in [9.17, 15) is 0 Å². The van der Waals surface area contributed by atoms with E-state index in [0.717, 1.165) is 0 Å². The maximum Gasteiger partial charge on any atom is 0.0905 e. The molecule has 0 saturated carbocycles. The van der Waals surface area contributed by atoms with Crippen molar-refractivity contribution in [1.29, 1.82) is 0 Å². The molecule has 0 aromatic carbocycles. The molecule has 3 heteroatoms. The minimum Gasteiger partial charge on any atom is -0.0567 e. The molecule has 0 N–H and O–H groups in total. The SMILES string of the molecule is CC(C)(C)C[PH+](CC[PH+](CC(C)(C)C)CC(C)(C)C)CC(C)(C)C.[Pd]. The normalized spacial score (nSPS) is 14.2. The van der Waals surface area contributed by atoms with Gasteiger partial charge in [0, 0.05) is 36.3 Å². The van der Waals surface area contributed by atoms with Gasteiger partial charge in [0.25, 0.3) is 0 Å². The average molecular weight is 483 g/mol. The third kappa shape index (κ3) is 20.1. The van der Waals surface area contributed by atoms with Crippen LogP contribution in [-0.2, 0) is 20.4 Å². The predicted molar refractivity (Wildman–Crippen MR) is 124 cm³/mol. The van der Waals surface area contributed by atoms with Gasteiger partial charge in [-0.05, 0) is 21.7 Å². The maximum absolute atomic E-state index is 2.44. The second-order valence-electron chi connectivity index (χ2n) is 12.9. The second kappa shape index (κ2) is 10.9. The summed E-state index contributed by atoms with van der Waals surface area (Å²) in [5, 5.41) is 0. The molecule has 0 radical (unpaired) electrons. The molecule has 0 amide bonds. The van der Waals surface area contributed by atoms with Gasteiger partial charge >= 0.3 is 0 Å². The Labute approximate surface area is 177 Å². The van der Waals surface area contributed by atoms with E-state index < -0.39 is 0 Å². The molecule has 0 fully saturated rings. The van der Waals surface area contributed by atoms with E-state index in [1.807, 2.05) is 0 Å². The van der Waals surface area contributed by atoms with Crippen molar-refractivity contribution in [3.05, 3.63) is 0 Å². The Hall–Kier alpha value is 1.52. The summed E-state index contributed by atoms with van der Waals surface area (Å²) in [5.41, 5.74) is 2.00. The van der Waals surface area contributed by atoms with Crippen molar-refractivity contribution in [2.75, 3.05) is 37.0 Å². The fourth-order valence-electron chi connectivity index (χ4n) is 3.83. The predicted octanol–water partition coefficient (Wildman–Crippen LogP) is 7.60. The summed E-state index contributed by atoms with van der Waals surface area (Å²) < 4.78 is 0. The molecule has 0 unspecified atom stereocenters. The van der Waals surface area contributed by atoms with E-state index in [-0.39, 0.29) is 36.3 Å². The van der Waals surface area contributed by atoms with E-state index in [0.29, 0.717) is 21.7 Å².